The maximum atomic E-state index is 12.2. The average molecular weight is 382 g/mol. The SMILES string of the molecule is O=C(c1cc(Br)sc1Br)N1CCC(=NO)CC1. The van der Waals surface area contributed by atoms with Crippen LogP contribution in [0.3, 0.4) is 0 Å². The zero-order valence-electron chi connectivity index (χ0n) is 8.82. The van der Waals surface area contributed by atoms with Crippen molar-refractivity contribution in [1.82, 2.24) is 4.90 Å². The average Bonchev–Trinajstić information content (AvgIpc) is 2.68. The van der Waals surface area contributed by atoms with Crippen LogP contribution in [0.5, 0.6) is 0 Å². The van der Waals surface area contributed by atoms with Crippen LogP contribution >= 0.6 is 43.2 Å². The Kier molecular flexibility index (Phi) is 4.22. The van der Waals surface area contributed by atoms with E-state index < -0.39 is 0 Å². The van der Waals surface area contributed by atoms with Crippen LogP contribution in [0.25, 0.3) is 0 Å². The molecular formula is C10H10Br2N2O2S. The zero-order valence-corrected chi connectivity index (χ0v) is 12.8. The van der Waals surface area contributed by atoms with E-state index in [4.69, 9.17) is 5.21 Å². The Bertz CT molecular complexity index is 463. The van der Waals surface area contributed by atoms with E-state index in [1.54, 1.807) is 4.90 Å². The molecule has 1 aliphatic heterocycles. The molecule has 17 heavy (non-hydrogen) atoms. The summed E-state index contributed by atoms with van der Waals surface area (Å²) < 4.78 is 1.78. The van der Waals surface area contributed by atoms with Crippen LogP contribution in [-0.2, 0) is 0 Å². The van der Waals surface area contributed by atoms with Crippen molar-refractivity contribution < 1.29 is 10.0 Å². The topological polar surface area (TPSA) is 52.9 Å². The molecule has 4 nitrogen and oxygen atoms in total. The zero-order chi connectivity index (χ0) is 12.4. The molecule has 1 aromatic rings. The fourth-order valence-electron chi connectivity index (χ4n) is 1.72. The molecule has 0 aromatic carbocycles. The molecule has 1 N–H and O–H groups in total. The van der Waals surface area contributed by atoms with Gasteiger partial charge in [0.05, 0.1) is 18.8 Å². The standard InChI is InChI=1S/C10H10Br2N2O2S/c11-8-5-7(9(12)17-8)10(15)14-3-1-6(13-16)2-4-14/h5,16H,1-4H2. The predicted octanol–water partition coefficient (Wildman–Crippen LogP) is 3.34. The summed E-state index contributed by atoms with van der Waals surface area (Å²) in [5.74, 6) is 0.0239. The summed E-state index contributed by atoms with van der Waals surface area (Å²) in [4.78, 5) is 14.0. The Morgan fingerprint density at radius 2 is 2.06 bits per heavy atom. The van der Waals surface area contributed by atoms with Gasteiger partial charge in [-0.3, -0.25) is 4.79 Å². The van der Waals surface area contributed by atoms with Crippen molar-refractivity contribution >= 4 is 54.8 Å². The molecule has 0 saturated carbocycles. The van der Waals surface area contributed by atoms with E-state index in [-0.39, 0.29) is 5.91 Å². The van der Waals surface area contributed by atoms with E-state index in [0.29, 0.717) is 31.5 Å². The third-order valence-corrected chi connectivity index (χ3v) is 5.00. The van der Waals surface area contributed by atoms with E-state index in [1.807, 2.05) is 6.07 Å². The van der Waals surface area contributed by atoms with Gasteiger partial charge >= 0.3 is 0 Å². The number of nitrogens with zero attached hydrogens (tertiary/aromatic N) is 2. The lowest BCUT2D eigenvalue weighted by Crippen LogP contribution is -2.38. The van der Waals surface area contributed by atoms with Gasteiger partial charge in [-0.05, 0) is 37.9 Å². The van der Waals surface area contributed by atoms with Crippen LogP contribution in [0.1, 0.15) is 23.2 Å². The van der Waals surface area contributed by atoms with E-state index in [0.717, 1.165) is 13.3 Å². The first-order valence-electron chi connectivity index (χ1n) is 5.05. The Labute approximate surface area is 120 Å². The number of thiophene rings is 1. The Morgan fingerprint density at radius 3 is 2.53 bits per heavy atom. The molecule has 1 aliphatic rings. The number of likely N-dealkylation sites (tertiary alicyclic amines) is 1. The van der Waals surface area contributed by atoms with Gasteiger partial charge in [0.25, 0.3) is 5.91 Å². The summed E-state index contributed by atoms with van der Waals surface area (Å²) >= 11 is 8.24. The largest absolute Gasteiger partial charge is 0.411 e. The first-order valence-corrected chi connectivity index (χ1v) is 7.46. The van der Waals surface area contributed by atoms with Gasteiger partial charge < -0.3 is 10.1 Å². The van der Waals surface area contributed by atoms with Crippen LogP contribution in [0.4, 0.5) is 0 Å². The van der Waals surface area contributed by atoms with Crippen molar-refractivity contribution in [1.29, 1.82) is 0 Å². The molecule has 0 spiro atoms. The Morgan fingerprint density at radius 1 is 1.41 bits per heavy atom. The number of piperidine rings is 1. The molecule has 0 unspecified atom stereocenters. The van der Waals surface area contributed by atoms with E-state index in [9.17, 15) is 4.79 Å². The molecule has 1 fully saturated rings. The van der Waals surface area contributed by atoms with Crippen molar-refractivity contribution in [2.45, 2.75) is 12.8 Å². The first kappa shape index (κ1) is 13.0. The molecule has 0 radical (unpaired) electrons. The number of rotatable bonds is 1. The third-order valence-electron chi connectivity index (χ3n) is 2.66. The monoisotopic (exact) mass is 380 g/mol. The molecule has 1 amide bonds. The normalized spacial score (nSPS) is 16.1. The molecular weight excluding hydrogens is 372 g/mol. The van der Waals surface area contributed by atoms with Crippen molar-refractivity contribution in [3.05, 3.63) is 19.2 Å². The number of carbonyl (C=O) groups excluding carboxylic acids is 1. The Hall–Kier alpha value is -0.400. The van der Waals surface area contributed by atoms with Gasteiger partial charge in [0.2, 0.25) is 0 Å². The minimum atomic E-state index is 0.0239. The van der Waals surface area contributed by atoms with Gasteiger partial charge in [-0.25, -0.2) is 0 Å². The number of hydrogen-bond donors (Lipinski definition) is 1. The van der Waals surface area contributed by atoms with Gasteiger partial charge in [0.1, 0.15) is 0 Å². The number of halogens is 2. The van der Waals surface area contributed by atoms with Gasteiger partial charge in [0, 0.05) is 25.9 Å². The summed E-state index contributed by atoms with van der Waals surface area (Å²) in [6.07, 6.45) is 1.29. The van der Waals surface area contributed by atoms with E-state index in [1.165, 1.54) is 11.3 Å². The maximum Gasteiger partial charge on any atom is 0.255 e. The highest BCUT2D eigenvalue weighted by Crippen LogP contribution is 2.32. The lowest BCUT2D eigenvalue weighted by Gasteiger charge is -2.27. The fourth-order valence-corrected chi connectivity index (χ4v) is 4.50. The number of amides is 1. The third kappa shape index (κ3) is 2.89. The molecule has 0 aliphatic carbocycles. The summed E-state index contributed by atoms with van der Waals surface area (Å²) in [5, 5.41) is 11.9. The molecule has 7 heteroatoms. The van der Waals surface area contributed by atoms with Gasteiger partial charge in [0.15, 0.2) is 0 Å². The first-order chi connectivity index (χ1) is 8.11. The molecule has 92 valence electrons. The van der Waals surface area contributed by atoms with Crippen molar-refractivity contribution in [3.63, 3.8) is 0 Å². The minimum absolute atomic E-state index is 0.0239. The second-order valence-corrected chi connectivity index (χ2v) is 7.45. The highest BCUT2D eigenvalue weighted by Gasteiger charge is 2.23. The van der Waals surface area contributed by atoms with Crippen LogP contribution in [0, 0.1) is 0 Å². The van der Waals surface area contributed by atoms with Gasteiger partial charge in [-0.1, -0.05) is 5.16 Å². The fraction of sp³-hybridized carbons (Fsp3) is 0.400. The van der Waals surface area contributed by atoms with Crippen LogP contribution < -0.4 is 0 Å². The highest BCUT2D eigenvalue weighted by atomic mass is 79.9. The van der Waals surface area contributed by atoms with Crippen LogP contribution in [0.15, 0.2) is 18.8 Å². The van der Waals surface area contributed by atoms with Crippen LogP contribution in [0.2, 0.25) is 0 Å². The molecule has 2 rings (SSSR count). The second-order valence-electron chi connectivity index (χ2n) is 3.70. The van der Waals surface area contributed by atoms with Crippen molar-refractivity contribution in [2.75, 3.05) is 13.1 Å². The lowest BCUT2D eigenvalue weighted by molar-refractivity contribution is 0.0753. The smallest absolute Gasteiger partial charge is 0.255 e. The summed E-state index contributed by atoms with van der Waals surface area (Å²) in [6, 6.07) is 1.83. The molecule has 2 heterocycles. The minimum Gasteiger partial charge on any atom is -0.411 e. The van der Waals surface area contributed by atoms with E-state index in [2.05, 4.69) is 37.0 Å². The van der Waals surface area contributed by atoms with Gasteiger partial charge in [-0.15, -0.1) is 11.3 Å². The van der Waals surface area contributed by atoms with Crippen molar-refractivity contribution in [3.8, 4) is 0 Å². The molecule has 1 aromatic heterocycles. The number of hydrogen-bond acceptors (Lipinski definition) is 4. The summed E-state index contributed by atoms with van der Waals surface area (Å²) in [5.41, 5.74) is 1.45. The summed E-state index contributed by atoms with van der Waals surface area (Å²) in [6.45, 7) is 1.22. The maximum absolute atomic E-state index is 12.2. The number of oxime groups is 1. The Balaban J connectivity index is 2.09. The lowest BCUT2D eigenvalue weighted by atomic mass is 10.1. The van der Waals surface area contributed by atoms with E-state index >= 15 is 0 Å². The highest BCUT2D eigenvalue weighted by molar-refractivity contribution is 9.12. The molecule has 0 atom stereocenters. The van der Waals surface area contributed by atoms with Crippen LogP contribution in [-0.4, -0.2) is 34.8 Å². The molecule has 1 saturated heterocycles. The quantitative estimate of drug-likeness (QED) is 0.599. The van der Waals surface area contributed by atoms with Crippen molar-refractivity contribution in [2.24, 2.45) is 5.16 Å². The summed E-state index contributed by atoms with van der Waals surface area (Å²) in [7, 11) is 0. The number of carbonyl (C=O) groups is 1. The molecule has 0 bridgehead atoms. The second kappa shape index (κ2) is 5.49. The predicted molar refractivity (Wildman–Crippen MR) is 74.1 cm³/mol. The van der Waals surface area contributed by atoms with Gasteiger partial charge in [-0.2, -0.15) is 0 Å².